The first-order valence-electron chi connectivity index (χ1n) is 7.26. The van der Waals surface area contributed by atoms with Gasteiger partial charge in [-0.1, -0.05) is 0 Å². The summed E-state index contributed by atoms with van der Waals surface area (Å²) in [4.78, 5) is 16.7. The van der Waals surface area contributed by atoms with Crippen LogP contribution < -0.4 is 5.32 Å². The molecule has 0 aliphatic carbocycles. The fraction of sp³-hybridized carbons (Fsp3) is 0.312. The fourth-order valence-electron chi connectivity index (χ4n) is 2.41. The Morgan fingerprint density at radius 2 is 2.22 bits per heavy atom. The zero-order chi connectivity index (χ0) is 16.6. The Balaban J connectivity index is 1.80. The van der Waals surface area contributed by atoms with Crippen LogP contribution in [0.15, 0.2) is 35.0 Å². The number of carbonyl (C=O) groups is 1. The number of furan rings is 1. The molecule has 1 atom stereocenters. The molecule has 0 aromatic carbocycles. The van der Waals surface area contributed by atoms with Crippen molar-refractivity contribution in [1.29, 1.82) is 0 Å². The van der Waals surface area contributed by atoms with Gasteiger partial charge in [0.25, 0.3) is 5.91 Å². The van der Waals surface area contributed by atoms with Gasteiger partial charge in [-0.2, -0.15) is 5.10 Å². The van der Waals surface area contributed by atoms with Crippen molar-refractivity contribution in [3.05, 3.63) is 53.4 Å². The number of nitrogens with one attached hydrogen (secondary N) is 1. The predicted octanol–water partition coefficient (Wildman–Crippen LogP) is 1.58. The van der Waals surface area contributed by atoms with E-state index < -0.39 is 5.60 Å². The third-order valence-corrected chi connectivity index (χ3v) is 3.66. The highest BCUT2D eigenvalue weighted by molar-refractivity contribution is 6.01. The third kappa shape index (κ3) is 2.83. The van der Waals surface area contributed by atoms with E-state index in [1.54, 1.807) is 55.9 Å². The first-order valence-corrected chi connectivity index (χ1v) is 7.26. The lowest BCUT2D eigenvalue weighted by molar-refractivity contribution is 0.0323. The summed E-state index contributed by atoms with van der Waals surface area (Å²) >= 11 is 0. The highest BCUT2D eigenvalue weighted by Crippen LogP contribution is 2.22. The van der Waals surface area contributed by atoms with Crippen molar-refractivity contribution in [2.75, 3.05) is 6.54 Å². The van der Waals surface area contributed by atoms with E-state index in [1.165, 1.54) is 0 Å². The number of aliphatic hydroxyl groups is 1. The van der Waals surface area contributed by atoms with Gasteiger partial charge in [0.15, 0.2) is 5.65 Å². The molecule has 0 spiro atoms. The van der Waals surface area contributed by atoms with Crippen molar-refractivity contribution < 1.29 is 14.3 Å². The summed E-state index contributed by atoms with van der Waals surface area (Å²) in [7, 11) is 0. The average molecular weight is 314 g/mol. The van der Waals surface area contributed by atoms with Crippen molar-refractivity contribution in [2.45, 2.75) is 26.4 Å². The molecule has 3 aromatic rings. The van der Waals surface area contributed by atoms with Crippen molar-refractivity contribution in [3.63, 3.8) is 0 Å². The highest BCUT2D eigenvalue weighted by atomic mass is 16.4. The normalized spacial score (nSPS) is 13.9. The maximum atomic E-state index is 12.5. The topological polar surface area (TPSA) is 92.7 Å². The summed E-state index contributed by atoms with van der Waals surface area (Å²) in [6.45, 7) is 5.15. The molecule has 23 heavy (non-hydrogen) atoms. The van der Waals surface area contributed by atoms with Gasteiger partial charge in [0.2, 0.25) is 0 Å². The van der Waals surface area contributed by atoms with Crippen LogP contribution in [0.4, 0.5) is 0 Å². The standard InChI is InChI=1S/C16H18N4O3/c1-10-5-6-12(23-10)16(3,22)9-18-15(21)13-11(2)19-20-8-4-7-17-14(13)20/h4-8,22H,9H2,1-3H3,(H,18,21). The molecule has 120 valence electrons. The number of hydrogen-bond donors (Lipinski definition) is 2. The summed E-state index contributed by atoms with van der Waals surface area (Å²) in [6.07, 6.45) is 3.34. The Labute approximate surface area is 133 Å². The van der Waals surface area contributed by atoms with E-state index in [0.717, 1.165) is 0 Å². The summed E-state index contributed by atoms with van der Waals surface area (Å²) in [6, 6.07) is 5.21. The zero-order valence-electron chi connectivity index (χ0n) is 13.2. The molecule has 1 amide bonds. The minimum Gasteiger partial charge on any atom is -0.463 e. The Bertz CT molecular complexity index is 863. The van der Waals surface area contributed by atoms with Crippen LogP contribution in [0, 0.1) is 13.8 Å². The lowest BCUT2D eigenvalue weighted by Crippen LogP contribution is -2.38. The largest absolute Gasteiger partial charge is 0.463 e. The van der Waals surface area contributed by atoms with E-state index in [4.69, 9.17) is 4.42 Å². The second kappa shape index (κ2) is 5.51. The molecule has 0 radical (unpaired) electrons. The zero-order valence-corrected chi connectivity index (χ0v) is 13.2. The van der Waals surface area contributed by atoms with Gasteiger partial charge in [0, 0.05) is 12.4 Å². The molecule has 1 unspecified atom stereocenters. The van der Waals surface area contributed by atoms with Gasteiger partial charge < -0.3 is 14.8 Å². The lowest BCUT2D eigenvalue weighted by atomic mass is 10.0. The molecule has 0 bridgehead atoms. The Hall–Kier alpha value is -2.67. The summed E-state index contributed by atoms with van der Waals surface area (Å²) in [5.74, 6) is 0.777. The lowest BCUT2D eigenvalue weighted by Gasteiger charge is -2.21. The van der Waals surface area contributed by atoms with Crippen molar-refractivity contribution >= 4 is 11.6 Å². The minimum atomic E-state index is -1.30. The molecule has 3 rings (SSSR count). The van der Waals surface area contributed by atoms with Crippen LogP contribution in [0.25, 0.3) is 5.65 Å². The van der Waals surface area contributed by atoms with Crippen LogP contribution in [0.1, 0.15) is 34.5 Å². The first-order chi connectivity index (χ1) is 10.9. The molecule has 0 fully saturated rings. The Morgan fingerprint density at radius 3 is 2.91 bits per heavy atom. The maximum absolute atomic E-state index is 12.5. The van der Waals surface area contributed by atoms with Gasteiger partial charge in [0.1, 0.15) is 22.7 Å². The second-order valence-electron chi connectivity index (χ2n) is 5.72. The summed E-state index contributed by atoms with van der Waals surface area (Å²) in [5, 5.41) is 17.5. The smallest absolute Gasteiger partial charge is 0.257 e. The monoisotopic (exact) mass is 314 g/mol. The molecule has 0 aliphatic heterocycles. The van der Waals surface area contributed by atoms with E-state index in [0.29, 0.717) is 28.4 Å². The maximum Gasteiger partial charge on any atom is 0.257 e. The van der Waals surface area contributed by atoms with E-state index in [2.05, 4.69) is 15.4 Å². The highest BCUT2D eigenvalue weighted by Gasteiger charge is 2.28. The van der Waals surface area contributed by atoms with Gasteiger partial charge >= 0.3 is 0 Å². The molecule has 0 aliphatic rings. The van der Waals surface area contributed by atoms with Crippen LogP contribution in [0.2, 0.25) is 0 Å². The number of rotatable bonds is 4. The van der Waals surface area contributed by atoms with Gasteiger partial charge in [-0.15, -0.1) is 0 Å². The van der Waals surface area contributed by atoms with Gasteiger partial charge in [-0.05, 0) is 39.0 Å². The molecule has 7 nitrogen and oxygen atoms in total. The fourth-order valence-corrected chi connectivity index (χ4v) is 2.41. The molecular weight excluding hydrogens is 296 g/mol. The Kier molecular flexibility index (Phi) is 3.65. The minimum absolute atomic E-state index is 0.0163. The van der Waals surface area contributed by atoms with Crippen LogP contribution >= 0.6 is 0 Å². The first kappa shape index (κ1) is 15.2. The van der Waals surface area contributed by atoms with Gasteiger partial charge in [-0.25, -0.2) is 9.50 Å². The third-order valence-electron chi connectivity index (χ3n) is 3.66. The van der Waals surface area contributed by atoms with Crippen LogP contribution in [0.3, 0.4) is 0 Å². The molecular formula is C16H18N4O3. The number of nitrogens with zero attached hydrogens (tertiary/aromatic N) is 3. The second-order valence-corrected chi connectivity index (χ2v) is 5.72. The van der Waals surface area contributed by atoms with E-state index in [9.17, 15) is 9.90 Å². The van der Waals surface area contributed by atoms with E-state index >= 15 is 0 Å². The molecule has 7 heteroatoms. The van der Waals surface area contributed by atoms with E-state index in [-0.39, 0.29) is 12.5 Å². The molecule has 0 saturated heterocycles. The summed E-state index contributed by atoms with van der Waals surface area (Å²) < 4.78 is 6.99. The van der Waals surface area contributed by atoms with Gasteiger partial charge in [-0.3, -0.25) is 4.79 Å². The van der Waals surface area contributed by atoms with Crippen LogP contribution in [-0.2, 0) is 5.60 Å². The quantitative estimate of drug-likeness (QED) is 0.762. The van der Waals surface area contributed by atoms with Crippen molar-refractivity contribution in [1.82, 2.24) is 19.9 Å². The molecule has 0 saturated carbocycles. The number of aryl methyl sites for hydroxylation is 2. The molecule has 2 N–H and O–H groups in total. The SMILES string of the molecule is Cc1ccc(C(C)(O)CNC(=O)c2c(C)nn3cccnc23)o1. The number of amides is 1. The van der Waals surface area contributed by atoms with Crippen molar-refractivity contribution in [2.24, 2.45) is 0 Å². The number of hydrogen-bond acceptors (Lipinski definition) is 5. The number of fused-ring (bicyclic) bond motifs is 1. The number of carbonyl (C=O) groups excluding carboxylic acids is 1. The average Bonchev–Trinajstić information content (AvgIpc) is 3.08. The van der Waals surface area contributed by atoms with Crippen LogP contribution in [-0.4, -0.2) is 32.2 Å². The van der Waals surface area contributed by atoms with E-state index in [1.807, 2.05) is 0 Å². The molecule has 3 aromatic heterocycles. The van der Waals surface area contributed by atoms with Crippen LogP contribution in [0.5, 0.6) is 0 Å². The molecule has 3 heterocycles. The van der Waals surface area contributed by atoms with Gasteiger partial charge in [0.05, 0.1) is 12.2 Å². The number of aromatic nitrogens is 3. The van der Waals surface area contributed by atoms with Crippen molar-refractivity contribution in [3.8, 4) is 0 Å². The summed E-state index contributed by atoms with van der Waals surface area (Å²) in [5.41, 5.74) is 0.163. The predicted molar refractivity (Wildman–Crippen MR) is 83.1 cm³/mol. The Morgan fingerprint density at radius 1 is 1.43 bits per heavy atom.